The van der Waals surface area contributed by atoms with Crippen molar-refractivity contribution in [1.82, 2.24) is 24.7 Å². The van der Waals surface area contributed by atoms with Crippen LogP contribution in [0.4, 0.5) is 26.7 Å². The zero-order valence-corrected chi connectivity index (χ0v) is 19.5. The molecule has 1 atom stereocenters. The van der Waals surface area contributed by atoms with E-state index in [1.807, 2.05) is 5.43 Å². The Balaban J connectivity index is 1.87. The van der Waals surface area contributed by atoms with Gasteiger partial charge < -0.3 is 9.64 Å². The Morgan fingerprint density at radius 2 is 1.83 bits per heavy atom. The van der Waals surface area contributed by atoms with E-state index in [9.17, 15) is 31.5 Å². The molecule has 0 spiro atoms. The number of rotatable bonds is 3. The lowest BCUT2D eigenvalue weighted by molar-refractivity contribution is -0.290. The molecule has 1 saturated heterocycles. The Morgan fingerprint density at radius 3 is 2.44 bits per heavy atom. The number of pyridine rings is 2. The quantitative estimate of drug-likeness (QED) is 0.237. The zero-order valence-electron chi connectivity index (χ0n) is 19.5. The highest BCUT2D eigenvalue weighted by molar-refractivity contribution is 5.93. The number of carbonyl (C=O) groups excluding carboxylic acids is 2. The maximum atomic E-state index is 14.5. The van der Waals surface area contributed by atoms with Gasteiger partial charge in [0, 0.05) is 30.6 Å². The van der Waals surface area contributed by atoms with Gasteiger partial charge in [0.15, 0.2) is 0 Å². The lowest BCUT2D eigenvalue weighted by Gasteiger charge is -2.25. The van der Waals surface area contributed by atoms with Crippen LogP contribution in [0.5, 0.6) is 0 Å². The molecule has 2 amide bonds. The third kappa shape index (κ3) is 4.52. The summed E-state index contributed by atoms with van der Waals surface area (Å²) >= 11 is 0. The molecule has 3 aromatic heterocycles. The molecule has 3 aromatic rings. The molecule has 1 aliphatic rings. The van der Waals surface area contributed by atoms with Crippen LogP contribution in [0.25, 0.3) is 16.7 Å². The van der Waals surface area contributed by atoms with Crippen LogP contribution < -0.4 is 11.3 Å². The number of nitrogens with one attached hydrogen (secondary N) is 1. The van der Waals surface area contributed by atoms with E-state index in [0.717, 1.165) is 16.7 Å². The molecule has 14 heteroatoms. The number of alkyl halides is 5. The highest BCUT2D eigenvalue weighted by Gasteiger charge is 2.60. The number of halogens is 5. The number of hydrogen-bond acceptors (Lipinski definition) is 6. The van der Waals surface area contributed by atoms with Gasteiger partial charge in [-0.2, -0.15) is 22.0 Å². The molecule has 3 N–H and O–H groups in total. The number of nitrogen functional groups attached to an aromatic ring is 1. The summed E-state index contributed by atoms with van der Waals surface area (Å²) in [6.45, 7) is 5.35. The minimum absolute atomic E-state index is 0.0495. The number of amides is 2. The van der Waals surface area contributed by atoms with Gasteiger partial charge in [0.05, 0.1) is 0 Å². The average molecular weight is 514 g/mol. The highest BCUT2D eigenvalue weighted by atomic mass is 19.4. The van der Waals surface area contributed by atoms with Crippen molar-refractivity contribution in [3.8, 4) is 0 Å². The summed E-state index contributed by atoms with van der Waals surface area (Å²) in [6, 6.07) is 3.69. The van der Waals surface area contributed by atoms with Crippen LogP contribution in [0.15, 0.2) is 24.4 Å². The van der Waals surface area contributed by atoms with Crippen molar-refractivity contribution in [3.63, 3.8) is 0 Å². The Bertz CT molecular complexity index is 1350. The van der Waals surface area contributed by atoms with E-state index >= 15 is 0 Å². The van der Waals surface area contributed by atoms with Crippen molar-refractivity contribution in [2.45, 2.75) is 50.8 Å². The molecule has 36 heavy (non-hydrogen) atoms. The third-order valence-corrected chi connectivity index (χ3v) is 5.75. The minimum Gasteiger partial charge on any atom is -0.444 e. The maximum absolute atomic E-state index is 14.5. The van der Waals surface area contributed by atoms with Gasteiger partial charge in [0.1, 0.15) is 28.3 Å². The van der Waals surface area contributed by atoms with Crippen LogP contribution in [0.2, 0.25) is 0 Å². The van der Waals surface area contributed by atoms with Crippen LogP contribution in [0, 0.1) is 0 Å². The van der Waals surface area contributed by atoms with Crippen LogP contribution >= 0.6 is 0 Å². The van der Waals surface area contributed by atoms with Crippen molar-refractivity contribution in [2.24, 2.45) is 5.84 Å². The molecule has 194 valence electrons. The number of likely N-dealkylation sites (tertiary alicyclic amines) is 1. The van der Waals surface area contributed by atoms with Crippen LogP contribution in [0.3, 0.4) is 0 Å². The second kappa shape index (κ2) is 8.54. The van der Waals surface area contributed by atoms with Crippen LogP contribution in [-0.4, -0.2) is 56.1 Å². The number of imidazole rings is 1. The van der Waals surface area contributed by atoms with E-state index in [2.05, 4.69) is 9.97 Å². The molecule has 1 aliphatic heterocycles. The third-order valence-electron chi connectivity index (χ3n) is 5.75. The molecule has 0 saturated carbocycles. The topological polar surface area (TPSA) is 115 Å². The number of nitrogens with two attached hydrogens (primary N) is 1. The van der Waals surface area contributed by atoms with E-state index in [1.54, 1.807) is 20.8 Å². The molecule has 0 radical (unpaired) electrons. The van der Waals surface area contributed by atoms with Gasteiger partial charge in [-0.15, -0.1) is 0 Å². The summed E-state index contributed by atoms with van der Waals surface area (Å²) in [6.07, 6.45) is -5.05. The van der Waals surface area contributed by atoms with Crippen molar-refractivity contribution >= 4 is 28.7 Å². The molecule has 1 fully saturated rings. The number of nitrogens with zero attached hydrogens (tertiary/aromatic N) is 4. The van der Waals surface area contributed by atoms with E-state index in [1.165, 1.54) is 17.0 Å². The summed E-state index contributed by atoms with van der Waals surface area (Å²) in [4.78, 5) is 33.5. The summed E-state index contributed by atoms with van der Waals surface area (Å²) in [5, 5.41) is 0.275. The molecular weight excluding hydrogens is 491 g/mol. The predicted molar refractivity (Wildman–Crippen MR) is 117 cm³/mol. The Kier molecular flexibility index (Phi) is 6.06. The number of ether oxygens (including phenoxy) is 1. The predicted octanol–water partition coefficient (Wildman–Crippen LogP) is 3.86. The summed E-state index contributed by atoms with van der Waals surface area (Å²) in [5.74, 6) is -1.49. The first-order valence-corrected chi connectivity index (χ1v) is 10.9. The second-order valence-electron chi connectivity index (χ2n) is 9.48. The van der Waals surface area contributed by atoms with Crippen molar-refractivity contribution in [3.05, 3.63) is 41.3 Å². The average Bonchev–Trinajstić information content (AvgIpc) is 3.43. The fraction of sp³-hybridized carbons (Fsp3) is 0.455. The van der Waals surface area contributed by atoms with Crippen molar-refractivity contribution in [2.75, 3.05) is 13.1 Å². The number of fused-ring (bicyclic) bond motifs is 3. The molecule has 4 rings (SSSR count). The van der Waals surface area contributed by atoms with Crippen LogP contribution in [0.1, 0.15) is 54.9 Å². The molecule has 1 unspecified atom stereocenters. The molecule has 9 nitrogen and oxygen atoms in total. The monoisotopic (exact) mass is 514 g/mol. The smallest absolute Gasteiger partial charge is 0.444 e. The summed E-state index contributed by atoms with van der Waals surface area (Å²) in [5.41, 5.74) is -0.563. The van der Waals surface area contributed by atoms with E-state index < -0.39 is 41.3 Å². The van der Waals surface area contributed by atoms with Crippen molar-refractivity contribution < 1.29 is 36.3 Å². The fourth-order valence-corrected chi connectivity index (χ4v) is 4.09. The van der Waals surface area contributed by atoms with Gasteiger partial charge in [-0.3, -0.25) is 14.6 Å². The van der Waals surface area contributed by atoms with Gasteiger partial charge in [-0.25, -0.2) is 20.6 Å². The minimum atomic E-state index is -5.89. The second-order valence-corrected chi connectivity index (χ2v) is 9.48. The standard InChI is InChI=1S/C22H23F5N6O3/c1-20(2,3)36-19(35)32-7-6-11(9-32)13-8-15(21(23,24)22(25,26)27)30-17-12(13)4-5-16-29-14(10-33(16)17)18(34)31-28/h4-5,8,10-11H,6-7,9,28H2,1-3H3,(H,31,34). The van der Waals surface area contributed by atoms with Gasteiger partial charge >= 0.3 is 18.2 Å². The first-order chi connectivity index (χ1) is 16.6. The molecule has 4 heterocycles. The lowest BCUT2D eigenvalue weighted by Crippen LogP contribution is -2.35. The number of hydrazine groups is 1. The largest absolute Gasteiger partial charge is 0.459 e. The highest BCUT2D eigenvalue weighted by Crippen LogP contribution is 2.45. The SMILES string of the molecule is CC(C)(C)OC(=O)N1CCC(c2cc(C(F)(F)C(F)(F)F)nc3c2ccc2nc(C(=O)NN)cn23)C1. The Hall–Kier alpha value is -3.55. The van der Waals surface area contributed by atoms with E-state index in [-0.39, 0.29) is 41.0 Å². The van der Waals surface area contributed by atoms with Gasteiger partial charge in [0.25, 0.3) is 5.91 Å². The fourth-order valence-electron chi connectivity index (χ4n) is 4.09. The van der Waals surface area contributed by atoms with Gasteiger partial charge in [0.2, 0.25) is 0 Å². The normalized spacial score (nSPS) is 17.1. The summed E-state index contributed by atoms with van der Waals surface area (Å²) in [7, 11) is 0. The molecule has 0 bridgehead atoms. The van der Waals surface area contributed by atoms with Crippen LogP contribution in [-0.2, 0) is 10.7 Å². The zero-order chi connectivity index (χ0) is 26.6. The number of aromatic nitrogens is 3. The lowest BCUT2D eigenvalue weighted by atomic mass is 9.94. The molecule has 0 aromatic carbocycles. The first kappa shape index (κ1) is 25.5. The molecular formula is C22H23F5N6O3. The summed E-state index contributed by atoms with van der Waals surface area (Å²) < 4.78 is 75.3. The van der Waals surface area contributed by atoms with E-state index in [4.69, 9.17) is 10.6 Å². The van der Waals surface area contributed by atoms with E-state index in [0.29, 0.717) is 6.42 Å². The Labute approximate surface area is 201 Å². The number of hydrogen-bond donors (Lipinski definition) is 2. The molecule has 0 aliphatic carbocycles. The van der Waals surface area contributed by atoms with Crippen molar-refractivity contribution in [1.29, 1.82) is 0 Å². The first-order valence-electron chi connectivity index (χ1n) is 10.9. The maximum Gasteiger partial charge on any atom is 0.459 e. The number of carbonyl (C=O) groups is 2. The van der Waals surface area contributed by atoms with Gasteiger partial charge in [-0.05, 0) is 51.0 Å². The van der Waals surface area contributed by atoms with Gasteiger partial charge in [-0.1, -0.05) is 0 Å². The Morgan fingerprint density at radius 1 is 1.14 bits per heavy atom.